The Morgan fingerprint density at radius 2 is 0.851 bits per heavy atom. The van der Waals surface area contributed by atoms with Gasteiger partial charge >= 0.3 is 0 Å². The van der Waals surface area contributed by atoms with E-state index >= 15 is 0 Å². The maximum absolute atomic E-state index is 6.66. The van der Waals surface area contributed by atoms with Gasteiger partial charge in [0.2, 0.25) is 0 Å². The quantitative estimate of drug-likeness (QED) is 0.185. The highest BCUT2D eigenvalue weighted by atomic mass is 16.3. The Morgan fingerprint density at radius 1 is 0.298 bits per heavy atom. The van der Waals surface area contributed by atoms with Crippen molar-refractivity contribution in [2.75, 3.05) is 0 Å². The monoisotopic (exact) mass is 596 g/mol. The van der Waals surface area contributed by atoms with Crippen molar-refractivity contribution in [2.24, 2.45) is 0 Å². The predicted octanol–water partition coefficient (Wildman–Crippen LogP) is 13.2. The summed E-state index contributed by atoms with van der Waals surface area (Å²) >= 11 is 0. The van der Waals surface area contributed by atoms with Gasteiger partial charge in [0.15, 0.2) is 0 Å². The van der Waals surface area contributed by atoms with E-state index < -0.39 is 0 Å². The highest BCUT2D eigenvalue weighted by Gasteiger charge is 2.23. The fraction of sp³-hybridized carbons (Fsp3) is 0. The molecule has 0 fully saturated rings. The lowest BCUT2D eigenvalue weighted by molar-refractivity contribution is 0.673. The highest BCUT2D eigenvalue weighted by molar-refractivity contribution is 6.28. The third-order valence-electron chi connectivity index (χ3n) is 9.85. The number of hydrogen-bond acceptors (Lipinski definition) is 1. The summed E-state index contributed by atoms with van der Waals surface area (Å²) in [4.78, 5) is 0. The topological polar surface area (TPSA) is 13.1 Å². The van der Waals surface area contributed by atoms with Crippen LogP contribution in [0.1, 0.15) is 0 Å². The smallest absolute Gasteiger partial charge is 0.143 e. The molecule has 47 heavy (non-hydrogen) atoms. The van der Waals surface area contributed by atoms with E-state index in [1.54, 1.807) is 0 Å². The third-order valence-corrected chi connectivity index (χ3v) is 9.85. The number of rotatable bonds is 3. The minimum absolute atomic E-state index is 0.909. The zero-order valence-electron chi connectivity index (χ0n) is 25.6. The molecule has 1 heterocycles. The molecule has 1 heteroatoms. The van der Waals surface area contributed by atoms with Crippen LogP contribution >= 0.6 is 0 Å². The molecule has 10 rings (SSSR count). The molecule has 9 aromatic carbocycles. The molecular formula is C46H28O. The van der Waals surface area contributed by atoms with Crippen LogP contribution in [0.15, 0.2) is 174 Å². The fourth-order valence-electron chi connectivity index (χ4n) is 7.85. The van der Waals surface area contributed by atoms with E-state index in [9.17, 15) is 0 Å². The van der Waals surface area contributed by atoms with Gasteiger partial charge in [0, 0.05) is 16.2 Å². The van der Waals surface area contributed by atoms with Gasteiger partial charge in [-0.1, -0.05) is 158 Å². The summed E-state index contributed by atoms with van der Waals surface area (Å²) in [5, 5.41) is 12.1. The summed E-state index contributed by atoms with van der Waals surface area (Å²) in [6.45, 7) is 0. The Kier molecular flexibility index (Phi) is 5.64. The molecule has 10 aromatic rings. The molecule has 1 aromatic heterocycles. The molecule has 0 saturated carbocycles. The van der Waals surface area contributed by atoms with Crippen LogP contribution in [0.3, 0.4) is 0 Å². The first-order valence-corrected chi connectivity index (χ1v) is 16.2. The molecule has 0 N–H and O–H groups in total. The molecule has 0 aliphatic carbocycles. The van der Waals surface area contributed by atoms with E-state index in [4.69, 9.17) is 4.42 Å². The van der Waals surface area contributed by atoms with Gasteiger partial charge in [-0.05, 0) is 83.2 Å². The predicted molar refractivity (Wildman–Crippen MR) is 200 cm³/mol. The van der Waals surface area contributed by atoms with Gasteiger partial charge in [-0.2, -0.15) is 0 Å². The maximum Gasteiger partial charge on any atom is 0.143 e. The average Bonchev–Trinajstić information content (AvgIpc) is 3.54. The number of benzene rings is 9. The van der Waals surface area contributed by atoms with E-state index in [0.29, 0.717) is 0 Å². The molecule has 218 valence electrons. The second kappa shape index (κ2) is 10.2. The van der Waals surface area contributed by atoms with Gasteiger partial charge in [-0.3, -0.25) is 0 Å². The molecule has 0 saturated heterocycles. The van der Waals surface area contributed by atoms with E-state index in [0.717, 1.165) is 27.3 Å². The molecule has 0 aliphatic rings. The lowest BCUT2D eigenvalue weighted by Crippen LogP contribution is -1.94. The molecule has 0 spiro atoms. The van der Waals surface area contributed by atoms with E-state index in [-0.39, 0.29) is 0 Å². The standard InChI is InChI=1S/C46H28O/c1-2-13-29(14-3-1)33-27-25-30-15-4-6-17-32(30)44(33)45-37-21-10-8-19-35(37)42(36-20-9-11-22-38(36)45)39-23-12-24-41-43(39)40-28-26-31-16-5-7-18-34(31)46(40)47-41/h1-28H. The van der Waals surface area contributed by atoms with Crippen molar-refractivity contribution in [3.63, 3.8) is 0 Å². The minimum Gasteiger partial charge on any atom is -0.455 e. The summed E-state index contributed by atoms with van der Waals surface area (Å²) in [7, 11) is 0. The fourth-order valence-corrected chi connectivity index (χ4v) is 7.85. The van der Waals surface area contributed by atoms with Crippen LogP contribution in [-0.2, 0) is 0 Å². The first kappa shape index (κ1) is 26.1. The second-order valence-electron chi connectivity index (χ2n) is 12.4. The van der Waals surface area contributed by atoms with Crippen molar-refractivity contribution in [3.8, 4) is 33.4 Å². The summed E-state index contributed by atoms with van der Waals surface area (Å²) in [6, 6.07) is 61.5. The SMILES string of the molecule is c1ccc(-c2ccc3ccccc3c2-c2c3ccccc3c(-c3cccc4oc5c6ccccc6ccc5c34)c3ccccc23)cc1. The summed E-state index contributed by atoms with van der Waals surface area (Å²) in [5.74, 6) is 0. The molecule has 1 nitrogen and oxygen atoms in total. The normalized spacial score (nSPS) is 11.8. The molecular weight excluding hydrogens is 569 g/mol. The van der Waals surface area contributed by atoms with Crippen LogP contribution in [0.4, 0.5) is 0 Å². The molecule has 0 atom stereocenters. The Morgan fingerprint density at radius 3 is 1.55 bits per heavy atom. The van der Waals surface area contributed by atoms with E-state index in [1.165, 1.54) is 71.1 Å². The second-order valence-corrected chi connectivity index (χ2v) is 12.4. The Balaban J connectivity index is 1.38. The van der Waals surface area contributed by atoms with Gasteiger partial charge in [0.25, 0.3) is 0 Å². The molecule has 0 amide bonds. The Hall–Kier alpha value is -6.18. The van der Waals surface area contributed by atoms with Gasteiger partial charge in [-0.25, -0.2) is 0 Å². The summed E-state index contributed by atoms with van der Waals surface area (Å²) in [5.41, 5.74) is 9.28. The van der Waals surface area contributed by atoms with Crippen LogP contribution in [-0.4, -0.2) is 0 Å². The maximum atomic E-state index is 6.66. The lowest BCUT2D eigenvalue weighted by Gasteiger charge is -2.21. The van der Waals surface area contributed by atoms with Gasteiger partial charge in [-0.15, -0.1) is 0 Å². The number of furan rings is 1. The van der Waals surface area contributed by atoms with Crippen LogP contribution in [0.5, 0.6) is 0 Å². The molecule has 0 unspecified atom stereocenters. The van der Waals surface area contributed by atoms with Crippen molar-refractivity contribution in [1.29, 1.82) is 0 Å². The van der Waals surface area contributed by atoms with Crippen LogP contribution < -0.4 is 0 Å². The Labute approximate surface area is 271 Å². The average molecular weight is 597 g/mol. The van der Waals surface area contributed by atoms with Crippen LogP contribution in [0.25, 0.3) is 98.4 Å². The van der Waals surface area contributed by atoms with Gasteiger partial charge < -0.3 is 4.42 Å². The van der Waals surface area contributed by atoms with Crippen molar-refractivity contribution in [1.82, 2.24) is 0 Å². The largest absolute Gasteiger partial charge is 0.455 e. The van der Waals surface area contributed by atoms with Gasteiger partial charge in [0.05, 0.1) is 0 Å². The lowest BCUT2D eigenvalue weighted by atomic mass is 9.81. The minimum atomic E-state index is 0.909. The first-order valence-electron chi connectivity index (χ1n) is 16.2. The molecule has 0 radical (unpaired) electrons. The number of hydrogen-bond donors (Lipinski definition) is 0. The molecule has 0 bridgehead atoms. The Bertz CT molecular complexity index is 2780. The third kappa shape index (κ3) is 3.84. The van der Waals surface area contributed by atoms with E-state index in [2.05, 4.69) is 170 Å². The van der Waals surface area contributed by atoms with Crippen LogP contribution in [0, 0.1) is 0 Å². The molecule has 0 aliphatic heterocycles. The van der Waals surface area contributed by atoms with Crippen LogP contribution in [0.2, 0.25) is 0 Å². The zero-order chi connectivity index (χ0) is 30.9. The number of fused-ring (bicyclic) bond motifs is 8. The van der Waals surface area contributed by atoms with Crippen molar-refractivity contribution in [3.05, 3.63) is 170 Å². The summed E-state index contributed by atoms with van der Waals surface area (Å²) in [6.07, 6.45) is 0. The zero-order valence-corrected chi connectivity index (χ0v) is 25.6. The van der Waals surface area contributed by atoms with Crippen molar-refractivity contribution in [2.45, 2.75) is 0 Å². The first-order chi connectivity index (χ1) is 23.3. The van der Waals surface area contributed by atoms with Crippen molar-refractivity contribution >= 4 is 65.0 Å². The van der Waals surface area contributed by atoms with E-state index in [1.807, 2.05) is 0 Å². The van der Waals surface area contributed by atoms with Gasteiger partial charge in [0.1, 0.15) is 11.2 Å². The highest BCUT2D eigenvalue weighted by Crippen LogP contribution is 2.50. The van der Waals surface area contributed by atoms with Crippen molar-refractivity contribution < 1.29 is 4.42 Å². The summed E-state index contributed by atoms with van der Waals surface area (Å²) < 4.78 is 6.66.